The van der Waals surface area contributed by atoms with Crippen LogP contribution in [-0.2, 0) is 15.6 Å². The Morgan fingerprint density at radius 3 is 2.11 bits per heavy atom. The highest BCUT2D eigenvalue weighted by molar-refractivity contribution is 5.76. The van der Waals surface area contributed by atoms with Gasteiger partial charge >= 0.3 is 0 Å². The molecule has 0 aliphatic heterocycles. The van der Waals surface area contributed by atoms with Crippen molar-refractivity contribution in [1.82, 2.24) is 0 Å². The van der Waals surface area contributed by atoms with Crippen molar-refractivity contribution in [3.05, 3.63) is 23.3 Å². The highest BCUT2D eigenvalue weighted by Crippen LogP contribution is 2.48. The molecule has 2 rings (SSSR count). The molecule has 0 saturated heterocycles. The molecular formula is C15H21NO2. The smallest absolute Gasteiger partial charge is 0.211 e. The van der Waals surface area contributed by atoms with Gasteiger partial charge in [-0.25, -0.2) is 0 Å². The summed E-state index contributed by atoms with van der Waals surface area (Å²) in [5.74, 6) is 0.145. The molecular weight excluding hydrogens is 226 g/mol. The Kier molecular flexibility index (Phi) is 2.88. The number of amides is 1. The summed E-state index contributed by atoms with van der Waals surface area (Å²) in [7, 11) is 0. The fourth-order valence-electron chi connectivity index (χ4n) is 2.78. The molecule has 1 amide bonds. The molecule has 3 nitrogen and oxygen atoms in total. The van der Waals surface area contributed by atoms with Gasteiger partial charge in [-0.2, -0.15) is 0 Å². The average molecular weight is 247 g/mol. The summed E-state index contributed by atoms with van der Waals surface area (Å²) in [6.07, 6.45) is 2.81. The summed E-state index contributed by atoms with van der Waals surface area (Å²) in [5, 5.41) is 12.5. The van der Waals surface area contributed by atoms with E-state index in [0.717, 1.165) is 12.8 Å². The molecule has 0 spiro atoms. The van der Waals surface area contributed by atoms with E-state index in [2.05, 4.69) is 33.0 Å². The summed E-state index contributed by atoms with van der Waals surface area (Å²) in [6.45, 7) is 8.83. The average Bonchev–Trinajstić information content (AvgIpc) is 2.27. The van der Waals surface area contributed by atoms with Gasteiger partial charge < -0.3 is 10.4 Å². The van der Waals surface area contributed by atoms with Gasteiger partial charge in [-0.1, -0.05) is 27.7 Å². The van der Waals surface area contributed by atoms with E-state index in [9.17, 15) is 9.90 Å². The van der Waals surface area contributed by atoms with Crippen molar-refractivity contribution in [3.8, 4) is 5.75 Å². The van der Waals surface area contributed by atoms with Gasteiger partial charge in [-0.15, -0.1) is 0 Å². The zero-order valence-electron chi connectivity index (χ0n) is 11.5. The lowest BCUT2D eigenvalue weighted by molar-refractivity contribution is -0.105. The van der Waals surface area contributed by atoms with Crippen LogP contribution >= 0.6 is 0 Å². The number of nitrogens with one attached hydrogen (secondary N) is 1. The minimum atomic E-state index is 0.0715. The Hall–Kier alpha value is -1.51. The van der Waals surface area contributed by atoms with Crippen LogP contribution < -0.4 is 5.32 Å². The number of phenols is 1. The Bertz CT molecular complexity index is 490. The van der Waals surface area contributed by atoms with Gasteiger partial charge in [0, 0.05) is 0 Å². The van der Waals surface area contributed by atoms with Gasteiger partial charge in [-0.3, -0.25) is 4.79 Å². The van der Waals surface area contributed by atoms with Gasteiger partial charge in [0.2, 0.25) is 6.41 Å². The first-order chi connectivity index (χ1) is 8.28. The van der Waals surface area contributed by atoms with Gasteiger partial charge in [0.15, 0.2) is 0 Å². The normalized spacial score (nSPS) is 20.0. The molecule has 1 aromatic rings. The molecule has 0 aromatic heterocycles. The molecule has 0 radical (unpaired) electrons. The predicted molar refractivity (Wildman–Crippen MR) is 73.1 cm³/mol. The maximum absolute atomic E-state index is 10.6. The molecule has 0 atom stereocenters. The van der Waals surface area contributed by atoms with Crippen LogP contribution in [0, 0.1) is 0 Å². The number of aromatic hydroxyl groups is 1. The molecule has 0 heterocycles. The molecule has 0 fully saturated rings. The fraction of sp³-hybridized carbons (Fsp3) is 0.533. The monoisotopic (exact) mass is 247 g/mol. The largest absolute Gasteiger partial charge is 0.506 e. The number of hydrogen-bond donors (Lipinski definition) is 2. The van der Waals surface area contributed by atoms with Crippen LogP contribution in [0.5, 0.6) is 5.75 Å². The zero-order valence-corrected chi connectivity index (χ0v) is 11.5. The summed E-state index contributed by atoms with van der Waals surface area (Å²) >= 11 is 0. The van der Waals surface area contributed by atoms with E-state index in [1.807, 2.05) is 12.1 Å². The minimum Gasteiger partial charge on any atom is -0.506 e. The molecule has 3 heteroatoms. The predicted octanol–water partition coefficient (Wildman–Crippen LogP) is 3.31. The topological polar surface area (TPSA) is 49.3 Å². The number of benzene rings is 1. The molecule has 0 unspecified atom stereocenters. The summed E-state index contributed by atoms with van der Waals surface area (Å²) in [6, 6.07) is 3.72. The van der Waals surface area contributed by atoms with Gasteiger partial charge in [0.25, 0.3) is 0 Å². The maximum atomic E-state index is 10.6. The van der Waals surface area contributed by atoms with Crippen molar-refractivity contribution in [2.45, 2.75) is 51.4 Å². The number of phenolic OH excluding ortho intramolecular Hbond substituents is 1. The van der Waals surface area contributed by atoms with Crippen molar-refractivity contribution in [3.63, 3.8) is 0 Å². The van der Waals surface area contributed by atoms with Gasteiger partial charge in [0.1, 0.15) is 5.75 Å². The van der Waals surface area contributed by atoms with Crippen molar-refractivity contribution in [2.24, 2.45) is 0 Å². The highest BCUT2D eigenvalue weighted by Gasteiger charge is 2.37. The Morgan fingerprint density at radius 1 is 1.11 bits per heavy atom. The molecule has 0 saturated carbocycles. The third-order valence-corrected chi connectivity index (χ3v) is 4.18. The van der Waals surface area contributed by atoms with Crippen LogP contribution in [0.25, 0.3) is 0 Å². The molecule has 1 aromatic carbocycles. The van der Waals surface area contributed by atoms with Crippen molar-refractivity contribution >= 4 is 12.1 Å². The van der Waals surface area contributed by atoms with E-state index in [1.165, 1.54) is 11.1 Å². The SMILES string of the molecule is CC1(C)CCC(C)(C)c2cc(NC=O)c(O)cc21. The summed E-state index contributed by atoms with van der Waals surface area (Å²) in [4.78, 5) is 10.6. The lowest BCUT2D eigenvalue weighted by atomic mass is 9.63. The molecule has 2 N–H and O–H groups in total. The van der Waals surface area contributed by atoms with E-state index in [0.29, 0.717) is 12.1 Å². The second-order valence-electron chi connectivity index (χ2n) is 6.44. The van der Waals surface area contributed by atoms with E-state index >= 15 is 0 Å². The third kappa shape index (κ3) is 1.98. The van der Waals surface area contributed by atoms with Crippen molar-refractivity contribution < 1.29 is 9.90 Å². The first-order valence-corrected chi connectivity index (χ1v) is 6.36. The fourth-order valence-corrected chi connectivity index (χ4v) is 2.78. The third-order valence-electron chi connectivity index (χ3n) is 4.18. The molecule has 18 heavy (non-hydrogen) atoms. The van der Waals surface area contributed by atoms with Crippen LogP contribution in [0.3, 0.4) is 0 Å². The first-order valence-electron chi connectivity index (χ1n) is 6.36. The lowest BCUT2D eigenvalue weighted by Crippen LogP contribution is -2.33. The van der Waals surface area contributed by atoms with Gasteiger partial charge in [0.05, 0.1) is 5.69 Å². The van der Waals surface area contributed by atoms with Crippen LogP contribution in [0.15, 0.2) is 12.1 Å². The van der Waals surface area contributed by atoms with Crippen molar-refractivity contribution in [2.75, 3.05) is 5.32 Å². The summed E-state index contributed by atoms with van der Waals surface area (Å²) < 4.78 is 0. The number of carbonyl (C=O) groups excluding carboxylic acids is 1. The quantitative estimate of drug-likeness (QED) is 0.622. The Labute approximate surface area is 108 Å². The molecule has 98 valence electrons. The van der Waals surface area contributed by atoms with Crippen LogP contribution in [0.2, 0.25) is 0 Å². The second kappa shape index (κ2) is 4.01. The van der Waals surface area contributed by atoms with Crippen LogP contribution in [0.4, 0.5) is 5.69 Å². The Balaban J connectivity index is 2.64. The number of fused-ring (bicyclic) bond motifs is 1. The van der Waals surface area contributed by atoms with E-state index in [-0.39, 0.29) is 16.6 Å². The highest BCUT2D eigenvalue weighted by atomic mass is 16.3. The number of carbonyl (C=O) groups is 1. The van der Waals surface area contributed by atoms with E-state index in [1.54, 1.807) is 0 Å². The summed E-state index contributed by atoms with van der Waals surface area (Å²) in [5.41, 5.74) is 3.06. The second-order valence-corrected chi connectivity index (χ2v) is 6.44. The molecule has 1 aliphatic rings. The minimum absolute atomic E-state index is 0.0715. The standard InChI is InChI=1S/C15H21NO2/c1-14(2)5-6-15(3,4)11-8-13(18)12(16-9-17)7-10(11)14/h7-9,18H,5-6H2,1-4H3,(H,16,17). The lowest BCUT2D eigenvalue weighted by Gasteiger charge is -2.42. The number of rotatable bonds is 2. The van der Waals surface area contributed by atoms with Gasteiger partial charge in [-0.05, 0) is 46.9 Å². The maximum Gasteiger partial charge on any atom is 0.211 e. The van der Waals surface area contributed by atoms with E-state index in [4.69, 9.17) is 0 Å². The van der Waals surface area contributed by atoms with Crippen LogP contribution in [-0.4, -0.2) is 11.5 Å². The number of anilines is 1. The first kappa shape index (κ1) is 12.9. The number of hydrogen-bond acceptors (Lipinski definition) is 2. The van der Waals surface area contributed by atoms with Crippen LogP contribution in [0.1, 0.15) is 51.7 Å². The zero-order chi connectivity index (χ0) is 13.6. The molecule has 1 aliphatic carbocycles. The van der Waals surface area contributed by atoms with Crippen molar-refractivity contribution in [1.29, 1.82) is 0 Å². The Morgan fingerprint density at radius 2 is 1.61 bits per heavy atom. The molecule has 0 bridgehead atoms. The van der Waals surface area contributed by atoms with E-state index < -0.39 is 0 Å².